The molecule has 0 unspecified atom stereocenters. The molecule has 2 aliphatic rings. The number of benzene rings is 2. The molecule has 0 spiro atoms. The smallest absolute Gasteiger partial charge is 0.338 e. The molecular formula is C30H34O6. The van der Waals surface area contributed by atoms with Gasteiger partial charge in [0.15, 0.2) is 11.6 Å². The summed E-state index contributed by atoms with van der Waals surface area (Å²) in [6, 6.07) is 16.7. The molecule has 0 heterocycles. The molecule has 2 aromatic rings. The van der Waals surface area contributed by atoms with Crippen molar-refractivity contribution in [3.05, 3.63) is 71.8 Å². The van der Waals surface area contributed by atoms with Crippen LogP contribution in [0.4, 0.5) is 0 Å². The minimum absolute atomic E-state index is 0.275. The average Bonchev–Trinajstić information content (AvgIpc) is 2.95. The standard InChI is InChI=1S/C30H34O6/c31-25(21-13-5-1-6-14-21)27(35-29(33)23-17-9-3-10-18-23)28(26(32)22-15-7-2-8-16-22)36-30(34)24-19-11-4-12-20-24/h3-4,9-12,17-22,27-28H,1-2,5-8,13-16H2/t27-,28-/m0/s1. The van der Waals surface area contributed by atoms with Crippen LogP contribution in [-0.2, 0) is 19.1 Å². The molecule has 0 saturated heterocycles. The highest BCUT2D eigenvalue weighted by molar-refractivity contribution is 6.00. The van der Waals surface area contributed by atoms with Crippen LogP contribution < -0.4 is 0 Å². The van der Waals surface area contributed by atoms with Gasteiger partial charge < -0.3 is 9.47 Å². The second-order valence-corrected chi connectivity index (χ2v) is 9.86. The first-order valence-electron chi connectivity index (χ1n) is 13.1. The topological polar surface area (TPSA) is 86.7 Å². The van der Waals surface area contributed by atoms with Crippen molar-refractivity contribution in [2.75, 3.05) is 0 Å². The molecule has 0 radical (unpaired) electrons. The Bertz CT molecular complexity index is 950. The molecule has 2 atom stereocenters. The first-order chi connectivity index (χ1) is 17.5. The molecule has 6 nitrogen and oxygen atoms in total. The molecular weight excluding hydrogens is 456 g/mol. The summed E-state index contributed by atoms with van der Waals surface area (Å²) in [6.45, 7) is 0. The van der Waals surface area contributed by atoms with Gasteiger partial charge in [0.1, 0.15) is 0 Å². The third-order valence-electron chi connectivity index (χ3n) is 7.34. The van der Waals surface area contributed by atoms with E-state index in [-0.39, 0.29) is 34.5 Å². The van der Waals surface area contributed by atoms with Crippen molar-refractivity contribution in [3.8, 4) is 0 Å². The highest BCUT2D eigenvalue weighted by Gasteiger charge is 2.45. The van der Waals surface area contributed by atoms with Crippen LogP contribution in [0.2, 0.25) is 0 Å². The summed E-state index contributed by atoms with van der Waals surface area (Å²) < 4.78 is 11.6. The quantitative estimate of drug-likeness (QED) is 0.417. The Morgan fingerprint density at radius 3 is 1.19 bits per heavy atom. The molecule has 0 amide bonds. The number of carbonyl (C=O) groups excluding carboxylic acids is 4. The first-order valence-corrected chi connectivity index (χ1v) is 13.1. The Kier molecular flexibility index (Phi) is 9.04. The van der Waals surface area contributed by atoms with Gasteiger partial charge in [-0.3, -0.25) is 9.59 Å². The number of ether oxygens (including phenoxy) is 2. The van der Waals surface area contributed by atoms with Crippen LogP contribution in [0.1, 0.15) is 84.9 Å². The largest absolute Gasteiger partial charge is 0.446 e. The van der Waals surface area contributed by atoms with Crippen LogP contribution in [0.5, 0.6) is 0 Å². The number of carbonyl (C=O) groups is 4. The highest BCUT2D eigenvalue weighted by Crippen LogP contribution is 2.31. The summed E-state index contributed by atoms with van der Waals surface area (Å²) in [6.07, 6.45) is 5.47. The van der Waals surface area contributed by atoms with Gasteiger partial charge in [-0.2, -0.15) is 0 Å². The molecule has 0 bridgehead atoms. The van der Waals surface area contributed by atoms with E-state index in [9.17, 15) is 19.2 Å². The fraction of sp³-hybridized carbons (Fsp3) is 0.467. The summed E-state index contributed by atoms with van der Waals surface area (Å²) in [5.41, 5.74) is 0.550. The number of Topliss-reactive ketones (excluding diaryl/α,β-unsaturated/α-hetero) is 2. The third kappa shape index (κ3) is 6.48. The van der Waals surface area contributed by atoms with Crippen molar-refractivity contribution in [2.24, 2.45) is 11.8 Å². The maximum atomic E-state index is 13.8. The fourth-order valence-electron chi connectivity index (χ4n) is 5.29. The molecule has 2 aromatic carbocycles. The van der Waals surface area contributed by atoms with Gasteiger partial charge in [0.25, 0.3) is 0 Å². The fourth-order valence-corrected chi connectivity index (χ4v) is 5.29. The van der Waals surface area contributed by atoms with Crippen molar-refractivity contribution in [3.63, 3.8) is 0 Å². The number of ketones is 2. The van der Waals surface area contributed by atoms with E-state index in [1.54, 1.807) is 60.7 Å². The minimum Gasteiger partial charge on any atom is -0.446 e. The van der Waals surface area contributed by atoms with Crippen LogP contribution in [0, 0.1) is 11.8 Å². The van der Waals surface area contributed by atoms with Crippen LogP contribution in [-0.4, -0.2) is 35.7 Å². The normalized spacial score (nSPS) is 18.6. The predicted molar refractivity (Wildman–Crippen MR) is 134 cm³/mol. The van der Waals surface area contributed by atoms with E-state index in [0.717, 1.165) is 38.5 Å². The maximum absolute atomic E-state index is 13.8. The van der Waals surface area contributed by atoms with Crippen molar-refractivity contribution in [1.82, 2.24) is 0 Å². The van der Waals surface area contributed by atoms with Gasteiger partial charge in [0, 0.05) is 11.8 Å². The lowest BCUT2D eigenvalue weighted by Gasteiger charge is -2.32. The van der Waals surface area contributed by atoms with E-state index in [0.29, 0.717) is 25.7 Å². The van der Waals surface area contributed by atoms with Crippen molar-refractivity contribution >= 4 is 23.5 Å². The molecule has 2 aliphatic carbocycles. The summed E-state index contributed by atoms with van der Waals surface area (Å²) in [5, 5.41) is 0. The van der Waals surface area contributed by atoms with E-state index in [4.69, 9.17) is 9.47 Å². The summed E-state index contributed by atoms with van der Waals surface area (Å²) in [7, 11) is 0. The minimum atomic E-state index is -1.47. The predicted octanol–water partition coefficient (Wildman–Crippen LogP) is 5.74. The number of hydrogen-bond acceptors (Lipinski definition) is 6. The van der Waals surface area contributed by atoms with Gasteiger partial charge in [-0.15, -0.1) is 0 Å². The van der Waals surface area contributed by atoms with Gasteiger partial charge in [-0.25, -0.2) is 9.59 Å². The van der Waals surface area contributed by atoms with E-state index < -0.39 is 24.1 Å². The first kappa shape index (κ1) is 25.8. The zero-order valence-electron chi connectivity index (χ0n) is 20.6. The lowest BCUT2D eigenvalue weighted by atomic mass is 9.79. The number of hydrogen-bond donors (Lipinski definition) is 0. The molecule has 6 heteroatoms. The van der Waals surface area contributed by atoms with Crippen LogP contribution in [0.25, 0.3) is 0 Å². The Balaban J connectivity index is 1.67. The summed E-state index contributed by atoms with van der Waals surface area (Å²) in [5.74, 6) is -2.72. The van der Waals surface area contributed by atoms with E-state index in [1.807, 2.05) is 0 Å². The lowest BCUT2D eigenvalue weighted by molar-refractivity contribution is -0.150. The SMILES string of the molecule is O=C(O[C@@H](C(=O)C1CCCCC1)[C@@H](OC(=O)c1ccccc1)C(=O)C1CCCCC1)c1ccccc1. The van der Waals surface area contributed by atoms with Gasteiger partial charge in [-0.05, 0) is 49.9 Å². The summed E-state index contributed by atoms with van der Waals surface area (Å²) >= 11 is 0. The zero-order chi connectivity index (χ0) is 25.3. The molecule has 0 aliphatic heterocycles. The Morgan fingerprint density at radius 2 is 0.861 bits per heavy atom. The van der Waals surface area contributed by atoms with Crippen LogP contribution in [0.3, 0.4) is 0 Å². The third-order valence-corrected chi connectivity index (χ3v) is 7.34. The van der Waals surface area contributed by atoms with Gasteiger partial charge in [0.2, 0.25) is 12.2 Å². The second-order valence-electron chi connectivity index (χ2n) is 9.86. The molecule has 4 rings (SSSR count). The number of rotatable bonds is 9. The van der Waals surface area contributed by atoms with Crippen molar-refractivity contribution in [1.29, 1.82) is 0 Å². The van der Waals surface area contributed by atoms with Crippen LogP contribution >= 0.6 is 0 Å². The molecule has 0 N–H and O–H groups in total. The lowest BCUT2D eigenvalue weighted by Crippen LogP contribution is -2.50. The van der Waals surface area contributed by atoms with Gasteiger partial charge >= 0.3 is 11.9 Å². The van der Waals surface area contributed by atoms with Crippen LogP contribution in [0.15, 0.2) is 60.7 Å². The molecule has 190 valence electrons. The van der Waals surface area contributed by atoms with Crippen molar-refractivity contribution < 1.29 is 28.7 Å². The molecule has 2 fully saturated rings. The van der Waals surface area contributed by atoms with E-state index in [2.05, 4.69) is 0 Å². The van der Waals surface area contributed by atoms with E-state index >= 15 is 0 Å². The molecule has 36 heavy (non-hydrogen) atoms. The van der Waals surface area contributed by atoms with Gasteiger partial charge in [-0.1, -0.05) is 74.9 Å². The zero-order valence-corrected chi connectivity index (χ0v) is 20.6. The average molecular weight is 491 g/mol. The van der Waals surface area contributed by atoms with Gasteiger partial charge in [0.05, 0.1) is 11.1 Å². The maximum Gasteiger partial charge on any atom is 0.338 e. The van der Waals surface area contributed by atoms with E-state index in [1.165, 1.54) is 0 Å². The Labute approximate surface area is 212 Å². The Hall–Kier alpha value is -3.28. The van der Waals surface area contributed by atoms with Crippen molar-refractivity contribution in [2.45, 2.75) is 76.4 Å². The second kappa shape index (κ2) is 12.6. The Morgan fingerprint density at radius 1 is 0.528 bits per heavy atom. The number of esters is 2. The molecule has 2 saturated carbocycles. The monoisotopic (exact) mass is 490 g/mol. The summed E-state index contributed by atoms with van der Waals surface area (Å²) in [4.78, 5) is 53.7. The highest BCUT2D eigenvalue weighted by atomic mass is 16.6. The molecule has 0 aromatic heterocycles.